The summed E-state index contributed by atoms with van der Waals surface area (Å²) in [5.41, 5.74) is 3.48. The van der Waals surface area contributed by atoms with Crippen molar-refractivity contribution in [2.75, 3.05) is 24.7 Å². The highest BCUT2D eigenvalue weighted by Crippen LogP contribution is 2.40. The molecule has 2 N–H and O–H groups in total. The Balaban J connectivity index is 1.67. The van der Waals surface area contributed by atoms with Crippen LogP contribution in [-0.2, 0) is 4.79 Å². The average Bonchev–Trinajstić information content (AvgIpc) is 2.78. The third-order valence-electron chi connectivity index (χ3n) is 5.30. The Kier molecular flexibility index (Phi) is 6.34. The zero-order valence-corrected chi connectivity index (χ0v) is 18.9. The van der Waals surface area contributed by atoms with Crippen molar-refractivity contribution in [3.05, 3.63) is 76.0 Å². The van der Waals surface area contributed by atoms with E-state index in [1.165, 1.54) is 0 Å². The first-order valence-corrected chi connectivity index (χ1v) is 11.4. The lowest BCUT2D eigenvalue weighted by atomic mass is 9.93. The minimum Gasteiger partial charge on any atom is -0.355 e. The number of halogens is 1. The summed E-state index contributed by atoms with van der Waals surface area (Å²) in [6, 6.07) is 14.1. The highest BCUT2D eigenvalue weighted by Gasteiger charge is 2.36. The molecule has 0 aromatic heterocycles. The van der Waals surface area contributed by atoms with Gasteiger partial charge in [-0.1, -0.05) is 35.5 Å². The predicted molar refractivity (Wildman–Crippen MR) is 127 cm³/mol. The molecule has 2 aromatic carbocycles. The number of nitrogens with zero attached hydrogens (tertiary/aromatic N) is 2. The van der Waals surface area contributed by atoms with Gasteiger partial charge < -0.3 is 15.5 Å². The Bertz CT molecular complexity index is 1080. The van der Waals surface area contributed by atoms with Crippen LogP contribution < -0.4 is 10.6 Å². The second-order valence-electron chi connectivity index (χ2n) is 7.36. The molecule has 0 spiro atoms. The smallest absolute Gasteiger partial charge is 0.255 e. The molecule has 2 heterocycles. The van der Waals surface area contributed by atoms with Gasteiger partial charge in [0, 0.05) is 35.6 Å². The summed E-state index contributed by atoms with van der Waals surface area (Å²) in [5, 5.41) is 7.22. The Labute approximate surface area is 190 Å². The van der Waals surface area contributed by atoms with Gasteiger partial charge in [-0.25, -0.2) is 4.99 Å². The molecule has 8 heteroatoms. The number of rotatable bonds is 4. The molecule has 0 radical (unpaired) electrons. The Morgan fingerprint density at radius 3 is 2.68 bits per heavy atom. The van der Waals surface area contributed by atoms with Gasteiger partial charge in [0.15, 0.2) is 5.17 Å². The SMILES string of the molecule is CNC(=O)C1=C(C)N=C2SCCCN2C1c1cccc(NC(=O)c2ccc(Cl)cc2)c1. The first-order chi connectivity index (χ1) is 15.0. The number of benzene rings is 2. The second-order valence-corrected chi connectivity index (χ2v) is 8.86. The maximum absolute atomic E-state index is 12.8. The van der Waals surface area contributed by atoms with Gasteiger partial charge in [0.25, 0.3) is 11.8 Å². The lowest BCUT2D eigenvalue weighted by Gasteiger charge is -2.40. The molecule has 31 heavy (non-hydrogen) atoms. The molecule has 0 saturated carbocycles. The van der Waals surface area contributed by atoms with E-state index in [1.807, 2.05) is 31.2 Å². The summed E-state index contributed by atoms with van der Waals surface area (Å²) in [6.45, 7) is 2.70. The Morgan fingerprint density at radius 1 is 1.16 bits per heavy atom. The van der Waals surface area contributed by atoms with E-state index in [0.29, 0.717) is 21.8 Å². The third kappa shape index (κ3) is 4.48. The van der Waals surface area contributed by atoms with Crippen LogP contribution in [0.2, 0.25) is 5.02 Å². The quantitative estimate of drug-likeness (QED) is 0.715. The lowest BCUT2D eigenvalue weighted by molar-refractivity contribution is -0.117. The minimum atomic E-state index is -0.257. The van der Waals surface area contributed by atoms with Crippen LogP contribution in [0.1, 0.15) is 35.3 Å². The van der Waals surface area contributed by atoms with Crippen molar-refractivity contribution in [1.29, 1.82) is 0 Å². The van der Waals surface area contributed by atoms with Gasteiger partial charge >= 0.3 is 0 Å². The van der Waals surface area contributed by atoms with Gasteiger partial charge in [-0.2, -0.15) is 0 Å². The maximum Gasteiger partial charge on any atom is 0.255 e. The lowest BCUT2D eigenvalue weighted by Crippen LogP contribution is -2.43. The van der Waals surface area contributed by atoms with Crippen molar-refractivity contribution in [3.8, 4) is 0 Å². The van der Waals surface area contributed by atoms with Crippen molar-refractivity contribution in [3.63, 3.8) is 0 Å². The van der Waals surface area contributed by atoms with Gasteiger partial charge in [-0.3, -0.25) is 9.59 Å². The molecule has 0 aliphatic carbocycles. The summed E-state index contributed by atoms with van der Waals surface area (Å²) in [7, 11) is 1.63. The Morgan fingerprint density at radius 2 is 1.94 bits per heavy atom. The number of nitrogens with one attached hydrogen (secondary N) is 2. The van der Waals surface area contributed by atoms with Crippen molar-refractivity contribution in [2.24, 2.45) is 4.99 Å². The fourth-order valence-corrected chi connectivity index (χ4v) is 4.98. The standard InChI is InChI=1S/C23H23ClN4O2S/c1-14-19(22(30)25-2)20(28-11-4-12-31-23(28)26-14)16-5-3-6-18(13-16)27-21(29)15-7-9-17(24)10-8-15/h3,5-10,13,20H,4,11-12H2,1-2H3,(H,25,30)(H,27,29). The molecular formula is C23H23ClN4O2S. The van der Waals surface area contributed by atoms with E-state index in [-0.39, 0.29) is 17.9 Å². The topological polar surface area (TPSA) is 73.8 Å². The van der Waals surface area contributed by atoms with Gasteiger partial charge in [-0.05, 0) is 55.3 Å². The van der Waals surface area contributed by atoms with E-state index in [9.17, 15) is 9.59 Å². The monoisotopic (exact) mass is 454 g/mol. The number of amides is 2. The number of allylic oxidation sites excluding steroid dienone is 1. The third-order valence-corrected chi connectivity index (χ3v) is 6.63. The average molecular weight is 455 g/mol. The van der Waals surface area contributed by atoms with Crippen molar-refractivity contribution in [1.82, 2.24) is 10.2 Å². The molecule has 2 aromatic rings. The largest absolute Gasteiger partial charge is 0.355 e. The highest BCUT2D eigenvalue weighted by molar-refractivity contribution is 8.13. The van der Waals surface area contributed by atoms with E-state index >= 15 is 0 Å². The van der Waals surface area contributed by atoms with E-state index in [4.69, 9.17) is 16.6 Å². The normalized spacial score (nSPS) is 18.2. The molecule has 1 unspecified atom stereocenters. The number of carbonyl (C=O) groups is 2. The molecule has 160 valence electrons. The molecule has 0 bridgehead atoms. The molecule has 2 amide bonds. The fourth-order valence-electron chi connectivity index (χ4n) is 3.83. The van der Waals surface area contributed by atoms with E-state index in [1.54, 1.807) is 43.1 Å². The molecular weight excluding hydrogens is 432 g/mol. The van der Waals surface area contributed by atoms with Crippen molar-refractivity contribution in [2.45, 2.75) is 19.4 Å². The van der Waals surface area contributed by atoms with Crippen LogP contribution in [0.25, 0.3) is 0 Å². The summed E-state index contributed by atoms with van der Waals surface area (Å²) >= 11 is 7.63. The Hall–Kier alpha value is -2.77. The maximum atomic E-state index is 12.8. The zero-order chi connectivity index (χ0) is 22.0. The van der Waals surface area contributed by atoms with E-state index < -0.39 is 0 Å². The number of aliphatic imine (C=N–C) groups is 1. The van der Waals surface area contributed by atoms with Crippen LogP contribution in [-0.4, -0.2) is 41.2 Å². The van der Waals surface area contributed by atoms with E-state index in [0.717, 1.165) is 35.1 Å². The van der Waals surface area contributed by atoms with Crippen molar-refractivity contribution >= 4 is 46.0 Å². The molecule has 1 atom stereocenters. The van der Waals surface area contributed by atoms with Crippen LogP contribution in [0.3, 0.4) is 0 Å². The number of carbonyl (C=O) groups excluding carboxylic acids is 2. The number of thioether (sulfide) groups is 1. The molecule has 2 aliphatic rings. The van der Waals surface area contributed by atoms with Gasteiger partial charge in [0.1, 0.15) is 0 Å². The number of anilines is 1. The summed E-state index contributed by atoms with van der Waals surface area (Å²) in [4.78, 5) is 32.3. The first kappa shape index (κ1) is 21.5. The van der Waals surface area contributed by atoms with Gasteiger partial charge in [0.05, 0.1) is 17.3 Å². The van der Waals surface area contributed by atoms with E-state index in [2.05, 4.69) is 15.5 Å². The van der Waals surface area contributed by atoms with Crippen LogP contribution in [0, 0.1) is 0 Å². The van der Waals surface area contributed by atoms with Crippen LogP contribution in [0.4, 0.5) is 5.69 Å². The first-order valence-electron chi connectivity index (χ1n) is 10.1. The van der Waals surface area contributed by atoms with Gasteiger partial charge in [0.2, 0.25) is 0 Å². The summed E-state index contributed by atoms with van der Waals surface area (Å²) in [5.74, 6) is 0.657. The van der Waals surface area contributed by atoms with Crippen molar-refractivity contribution < 1.29 is 9.59 Å². The molecule has 2 aliphatic heterocycles. The molecule has 1 saturated heterocycles. The molecule has 1 fully saturated rings. The summed E-state index contributed by atoms with van der Waals surface area (Å²) < 4.78 is 0. The van der Waals surface area contributed by atoms with Crippen LogP contribution >= 0.6 is 23.4 Å². The zero-order valence-electron chi connectivity index (χ0n) is 17.3. The number of amidine groups is 1. The summed E-state index contributed by atoms with van der Waals surface area (Å²) in [6.07, 6.45) is 1.02. The predicted octanol–water partition coefficient (Wildman–Crippen LogP) is 4.46. The number of fused-ring (bicyclic) bond motifs is 1. The molecule has 6 nitrogen and oxygen atoms in total. The van der Waals surface area contributed by atoms with Crippen LogP contribution in [0.5, 0.6) is 0 Å². The second kappa shape index (κ2) is 9.16. The number of hydrogen-bond donors (Lipinski definition) is 2. The highest BCUT2D eigenvalue weighted by atomic mass is 35.5. The minimum absolute atomic E-state index is 0.142. The van der Waals surface area contributed by atoms with Gasteiger partial charge in [-0.15, -0.1) is 0 Å². The fraction of sp³-hybridized carbons (Fsp3) is 0.261. The molecule has 4 rings (SSSR count). The van der Waals surface area contributed by atoms with Crippen LogP contribution in [0.15, 0.2) is 64.8 Å². The number of likely N-dealkylation sites (N-methyl/N-ethyl adjacent to an activating group) is 1. The number of hydrogen-bond acceptors (Lipinski definition) is 5.